The molecule has 0 radical (unpaired) electrons. The maximum atomic E-state index is 5.89. The van der Waals surface area contributed by atoms with Crippen LogP contribution in [0, 0.1) is 0 Å². The first-order valence-electron chi connectivity index (χ1n) is 10.1. The van der Waals surface area contributed by atoms with E-state index in [1.54, 1.807) is 26.0 Å². The number of aromatic nitrogens is 7. The van der Waals surface area contributed by atoms with Crippen LogP contribution in [0.3, 0.4) is 0 Å². The van der Waals surface area contributed by atoms with Crippen LogP contribution in [0.4, 0.5) is 5.95 Å². The van der Waals surface area contributed by atoms with Gasteiger partial charge in [0.2, 0.25) is 5.95 Å². The summed E-state index contributed by atoms with van der Waals surface area (Å²) < 4.78 is 23.6. The molecule has 1 atom stereocenters. The molecule has 4 aromatic rings. The van der Waals surface area contributed by atoms with Gasteiger partial charge in [-0.15, -0.1) is 10.2 Å². The molecule has 0 saturated carbocycles. The fourth-order valence-corrected chi connectivity index (χ4v) is 4.11. The number of nitrogens with one attached hydrogen (secondary N) is 1. The second-order valence-electron chi connectivity index (χ2n) is 6.97. The number of benzene rings is 1. The molecule has 34 heavy (non-hydrogen) atoms. The molecule has 3 heterocycles. The lowest BCUT2D eigenvalue weighted by atomic mass is 10.2. The molecule has 0 saturated heterocycles. The van der Waals surface area contributed by atoms with Crippen molar-refractivity contribution in [2.45, 2.75) is 6.10 Å². The Hall–Kier alpha value is -3.35. The van der Waals surface area contributed by atoms with Crippen molar-refractivity contribution in [2.24, 2.45) is 7.05 Å². The van der Waals surface area contributed by atoms with Crippen molar-refractivity contribution in [3.63, 3.8) is 0 Å². The van der Waals surface area contributed by atoms with E-state index in [1.807, 2.05) is 42.1 Å². The maximum Gasteiger partial charge on any atom is 0.239 e. The number of hydrogen-bond donors (Lipinski definition) is 1. The Morgan fingerprint density at radius 3 is 2.35 bits per heavy atom. The van der Waals surface area contributed by atoms with Crippen LogP contribution in [0.15, 0.2) is 42.9 Å². The average molecular weight is 503 g/mol. The third-order valence-electron chi connectivity index (χ3n) is 4.84. The van der Waals surface area contributed by atoms with Gasteiger partial charge in [0.05, 0.1) is 19.2 Å². The number of nitrogens with zero attached hydrogens (tertiary/aromatic N) is 7. The molecule has 1 N–H and O–H groups in total. The van der Waals surface area contributed by atoms with Crippen LogP contribution in [0.25, 0.3) is 17.2 Å². The van der Waals surface area contributed by atoms with Crippen LogP contribution in [0.1, 0.15) is 11.9 Å². The highest BCUT2D eigenvalue weighted by Crippen LogP contribution is 2.37. The summed E-state index contributed by atoms with van der Waals surface area (Å²) in [6, 6.07) is 7.40. The van der Waals surface area contributed by atoms with Crippen molar-refractivity contribution in [3.05, 3.63) is 53.7 Å². The Balaban J connectivity index is 1.67. The van der Waals surface area contributed by atoms with Gasteiger partial charge >= 0.3 is 0 Å². The quantitative estimate of drug-likeness (QED) is 0.323. The van der Waals surface area contributed by atoms with Gasteiger partial charge in [-0.25, -0.2) is 9.97 Å². The summed E-state index contributed by atoms with van der Waals surface area (Å²) in [5, 5.41) is 13.7. The summed E-state index contributed by atoms with van der Waals surface area (Å²) >= 11 is 7.26. The average Bonchev–Trinajstić information content (AvgIpc) is 3.47. The van der Waals surface area contributed by atoms with E-state index in [9.17, 15) is 0 Å². The lowest BCUT2D eigenvalue weighted by Gasteiger charge is -2.17. The van der Waals surface area contributed by atoms with Crippen LogP contribution in [-0.2, 0) is 11.8 Å². The van der Waals surface area contributed by atoms with E-state index in [-0.39, 0.29) is 6.10 Å². The number of hydrogen-bond acceptors (Lipinski definition) is 10. The van der Waals surface area contributed by atoms with E-state index in [0.717, 1.165) is 0 Å². The topological polar surface area (TPSA) is 114 Å². The summed E-state index contributed by atoms with van der Waals surface area (Å²) in [5.41, 5.74) is 1.29. The Morgan fingerprint density at radius 2 is 1.76 bits per heavy atom. The fraction of sp³-hybridized carbons (Fsp3) is 0.286. The minimum atomic E-state index is -0.359. The summed E-state index contributed by atoms with van der Waals surface area (Å²) in [5.74, 6) is 3.19. The predicted molar refractivity (Wildman–Crippen MR) is 130 cm³/mol. The first-order valence-corrected chi connectivity index (χ1v) is 11.5. The normalized spacial score (nSPS) is 11.9. The summed E-state index contributed by atoms with van der Waals surface area (Å²) in [6.07, 6.45) is 4.56. The highest BCUT2D eigenvalue weighted by molar-refractivity contribution is 8.00. The molecule has 0 bridgehead atoms. The van der Waals surface area contributed by atoms with Crippen molar-refractivity contribution in [2.75, 3.05) is 31.8 Å². The summed E-state index contributed by atoms with van der Waals surface area (Å²) in [6.45, 7) is 0. The van der Waals surface area contributed by atoms with E-state index < -0.39 is 0 Å². The van der Waals surface area contributed by atoms with Crippen LogP contribution in [0.5, 0.6) is 11.5 Å². The zero-order valence-corrected chi connectivity index (χ0v) is 20.5. The van der Waals surface area contributed by atoms with E-state index >= 15 is 0 Å². The van der Waals surface area contributed by atoms with E-state index in [0.29, 0.717) is 51.3 Å². The molecule has 178 valence electrons. The Morgan fingerprint density at radius 1 is 1.06 bits per heavy atom. The minimum absolute atomic E-state index is 0.359. The van der Waals surface area contributed by atoms with Gasteiger partial charge in [-0.2, -0.15) is 5.10 Å². The molecule has 13 heteroatoms. The second-order valence-corrected chi connectivity index (χ2v) is 8.23. The molecule has 1 unspecified atom stereocenters. The SMILES string of the molecule is COc1cccc(OC)c1-n1c(NSCC(OC)c2ncc(Cl)cn2)nnc1-c1ccn(C)n1. The van der Waals surface area contributed by atoms with Gasteiger partial charge in [0.25, 0.3) is 0 Å². The predicted octanol–water partition coefficient (Wildman–Crippen LogP) is 3.58. The zero-order chi connectivity index (χ0) is 24.1. The van der Waals surface area contributed by atoms with E-state index in [4.69, 9.17) is 25.8 Å². The van der Waals surface area contributed by atoms with Crippen molar-refractivity contribution in [1.29, 1.82) is 0 Å². The molecular weight excluding hydrogens is 480 g/mol. The molecular formula is C21H23ClN8O3S. The third-order valence-corrected chi connectivity index (χ3v) is 5.83. The van der Waals surface area contributed by atoms with Crippen LogP contribution < -0.4 is 14.2 Å². The zero-order valence-electron chi connectivity index (χ0n) is 19.0. The molecule has 3 aromatic heterocycles. The highest BCUT2D eigenvalue weighted by atomic mass is 35.5. The van der Waals surface area contributed by atoms with Gasteiger partial charge in [-0.1, -0.05) is 17.7 Å². The lowest BCUT2D eigenvalue weighted by molar-refractivity contribution is 0.116. The third kappa shape index (κ3) is 4.93. The highest BCUT2D eigenvalue weighted by Gasteiger charge is 2.24. The monoisotopic (exact) mass is 502 g/mol. The maximum absolute atomic E-state index is 5.89. The van der Waals surface area contributed by atoms with Crippen molar-refractivity contribution >= 4 is 29.5 Å². The molecule has 0 aliphatic carbocycles. The van der Waals surface area contributed by atoms with Gasteiger partial charge in [0.1, 0.15) is 29.0 Å². The molecule has 0 aliphatic rings. The largest absolute Gasteiger partial charge is 0.494 e. The minimum Gasteiger partial charge on any atom is -0.494 e. The molecule has 11 nitrogen and oxygen atoms in total. The summed E-state index contributed by atoms with van der Waals surface area (Å²) in [7, 11) is 6.64. The standard InChI is InChI=1S/C21H23ClN8O3S/c1-29-9-8-14(27-29)20-25-26-21(30(20)18-15(31-2)6-5-7-16(18)32-3)28-34-12-17(33-4)19-23-10-13(22)11-24-19/h5-11,17H,12H2,1-4H3,(H,26,28). The van der Waals surface area contributed by atoms with Crippen molar-refractivity contribution in [1.82, 2.24) is 34.5 Å². The Bertz CT molecular complexity index is 1230. The van der Waals surface area contributed by atoms with Crippen molar-refractivity contribution in [3.8, 4) is 28.7 Å². The van der Waals surface area contributed by atoms with E-state index in [1.165, 1.54) is 24.3 Å². The molecule has 1 aromatic carbocycles. The van der Waals surface area contributed by atoms with Gasteiger partial charge in [0, 0.05) is 38.5 Å². The van der Waals surface area contributed by atoms with Gasteiger partial charge < -0.3 is 14.2 Å². The number of rotatable bonds is 10. The van der Waals surface area contributed by atoms with Crippen LogP contribution >= 0.6 is 23.5 Å². The van der Waals surface area contributed by atoms with Gasteiger partial charge in [-0.3, -0.25) is 14.0 Å². The van der Waals surface area contributed by atoms with Crippen LogP contribution in [-0.4, -0.2) is 61.6 Å². The van der Waals surface area contributed by atoms with Gasteiger partial charge in [0.15, 0.2) is 11.6 Å². The number of halogens is 1. The Kier molecular flexibility index (Phi) is 7.50. The number of methoxy groups -OCH3 is 3. The Labute approximate surface area is 205 Å². The second kappa shape index (κ2) is 10.7. The van der Waals surface area contributed by atoms with Crippen molar-refractivity contribution < 1.29 is 14.2 Å². The number of para-hydroxylation sites is 1. The first-order chi connectivity index (χ1) is 16.5. The number of ether oxygens (including phenoxy) is 3. The first kappa shape index (κ1) is 23.8. The number of anilines is 1. The smallest absolute Gasteiger partial charge is 0.239 e. The molecule has 0 fully saturated rings. The molecule has 0 amide bonds. The molecule has 0 aliphatic heterocycles. The summed E-state index contributed by atoms with van der Waals surface area (Å²) in [4.78, 5) is 8.49. The van der Waals surface area contributed by atoms with Crippen LogP contribution in [0.2, 0.25) is 5.02 Å². The van der Waals surface area contributed by atoms with Gasteiger partial charge in [-0.05, 0) is 30.1 Å². The lowest BCUT2D eigenvalue weighted by Crippen LogP contribution is -2.11. The molecule has 4 rings (SSSR count). The fourth-order valence-electron chi connectivity index (χ4n) is 3.23. The number of aryl methyl sites for hydroxylation is 1. The molecule has 0 spiro atoms. The van der Waals surface area contributed by atoms with E-state index in [2.05, 4.69) is 30.0 Å².